The number of piperidine rings is 1. The van der Waals surface area contributed by atoms with Crippen LogP contribution >= 0.6 is 0 Å². The third-order valence-electron chi connectivity index (χ3n) is 13.3. The molecule has 9 rings (SSSR count). The maximum absolute atomic E-state index is 17.4. The first kappa shape index (κ1) is 37.2. The number of likely N-dealkylation sites (tertiary alicyclic amines) is 1. The molecule has 2 aromatic heterocycles. The van der Waals surface area contributed by atoms with Gasteiger partial charge >= 0.3 is 6.01 Å². The average Bonchev–Trinajstić information content (AvgIpc) is 3.53. The summed E-state index contributed by atoms with van der Waals surface area (Å²) in [6.07, 6.45) is 15.9. The van der Waals surface area contributed by atoms with Crippen LogP contribution in [-0.4, -0.2) is 108 Å². The third kappa shape index (κ3) is 6.39. The van der Waals surface area contributed by atoms with E-state index in [2.05, 4.69) is 15.8 Å². The molecule has 2 saturated carbocycles. The fraction of sp³-hybridized carbons (Fsp3) is 0.558. The van der Waals surface area contributed by atoms with Gasteiger partial charge in [-0.15, -0.1) is 6.42 Å². The Bertz CT molecular complexity index is 2220. The molecule has 0 amide bonds. The highest BCUT2D eigenvalue weighted by atomic mass is 19.1. The zero-order valence-corrected chi connectivity index (χ0v) is 32.1. The number of benzene rings is 2. The second-order valence-electron chi connectivity index (χ2n) is 17.0. The van der Waals surface area contributed by atoms with Gasteiger partial charge in [-0.1, -0.05) is 18.4 Å². The standard InChI is InChI=1S/C43H49F2N5O6/c1-4-29-31(44)9-8-26-19-28(51)20-30(33(26)29)36-35(45)37-34(39(46-36)53-3)38(49-15-18-55-24-41(2,52)23-49)48-40(47-37)56-25-43-10-5-7-32(43)50(14-6-11-43)27-21-42(22-27)12-16-54-17-13-42/h1,8-9,19-20,27,32,51-52H,5-7,10-18,21-25H2,2-3H3/t32-,41+,43-/m1/s1. The fourth-order valence-electron chi connectivity index (χ4n) is 10.6. The van der Waals surface area contributed by atoms with Crippen molar-refractivity contribution in [3.63, 3.8) is 0 Å². The maximum atomic E-state index is 17.4. The van der Waals surface area contributed by atoms with Crippen molar-refractivity contribution in [2.24, 2.45) is 10.8 Å². The van der Waals surface area contributed by atoms with E-state index in [0.29, 0.717) is 42.6 Å². The van der Waals surface area contributed by atoms with Crippen molar-refractivity contribution < 1.29 is 37.9 Å². The van der Waals surface area contributed by atoms with Crippen molar-refractivity contribution >= 4 is 27.5 Å². The van der Waals surface area contributed by atoms with Crippen molar-refractivity contribution in [2.45, 2.75) is 82.4 Å². The fourth-order valence-corrected chi connectivity index (χ4v) is 10.6. The first-order valence-electron chi connectivity index (χ1n) is 19.9. The number of aromatic nitrogens is 3. The van der Waals surface area contributed by atoms with Crippen LogP contribution in [0.2, 0.25) is 0 Å². The van der Waals surface area contributed by atoms with Crippen molar-refractivity contribution in [3.8, 4) is 41.2 Å². The highest BCUT2D eigenvalue weighted by molar-refractivity contribution is 6.04. The Hall–Kier alpha value is -4.35. The van der Waals surface area contributed by atoms with Gasteiger partial charge in [-0.2, -0.15) is 9.97 Å². The Kier molecular flexibility index (Phi) is 9.47. The van der Waals surface area contributed by atoms with Crippen LogP contribution in [0.4, 0.5) is 14.6 Å². The van der Waals surface area contributed by atoms with E-state index in [1.54, 1.807) is 6.92 Å². The summed E-state index contributed by atoms with van der Waals surface area (Å²) in [5.41, 5.74) is -1.28. The molecule has 0 unspecified atom stereocenters. The van der Waals surface area contributed by atoms with Crippen molar-refractivity contribution in [1.29, 1.82) is 0 Å². The molecule has 3 atom stereocenters. The molecule has 1 spiro atoms. The predicted molar refractivity (Wildman–Crippen MR) is 207 cm³/mol. The molecule has 0 bridgehead atoms. The summed E-state index contributed by atoms with van der Waals surface area (Å²) in [6.45, 7) is 5.74. The number of aliphatic hydroxyl groups is 1. The molecule has 5 aliphatic rings. The minimum Gasteiger partial charge on any atom is -0.508 e. The molecule has 13 heteroatoms. The smallest absolute Gasteiger partial charge is 0.319 e. The topological polar surface area (TPSA) is 123 Å². The van der Waals surface area contributed by atoms with E-state index in [1.165, 1.54) is 44.2 Å². The minimum absolute atomic E-state index is 0.00177. The van der Waals surface area contributed by atoms with Crippen molar-refractivity contribution in [2.75, 3.05) is 64.7 Å². The number of phenolic OH excluding ortho intramolecular Hbond substituents is 1. The number of aromatic hydroxyl groups is 1. The number of halogens is 2. The highest BCUT2D eigenvalue weighted by Gasteiger charge is 2.55. The number of hydrogen-bond acceptors (Lipinski definition) is 11. The summed E-state index contributed by atoms with van der Waals surface area (Å²) >= 11 is 0. The van der Waals surface area contributed by atoms with Gasteiger partial charge in [0, 0.05) is 48.2 Å². The molecular weight excluding hydrogens is 720 g/mol. The number of nitrogens with zero attached hydrogens (tertiary/aromatic N) is 5. The van der Waals surface area contributed by atoms with Crippen LogP contribution in [0.15, 0.2) is 24.3 Å². The average molecular weight is 770 g/mol. The molecule has 3 saturated heterocycles. The number of fused-ring (bicyclic) bond motifs is 3. The second kappa shape index (κ2) is 14.2. The number of anilines is 1. The van der Waals surface area contributed by atoms with E-state index in [0.717, 1.165) is 64.7 Å². The van der Waals surface area contributed by atoms with Gasteiger partial charge in [-0.05, 0) is 93.8 Å². The molecule has 56 heavy (non-hydrogen) atoms. The van der Waals surface area contributed by atoms with Gasteiger partial charge < -0.3 is 34.1 Å². The lowest BCUT2D eigenvalue weighted by molar-refractivity contribution is -0.112. The summed E-state index contributed by atoms with van der Waals surface area (Å²) in [5.74, 6) is 0.976. The highest BCUT2D eigenvalue weighted by Crippen LogP contribution is 2.56. The largest absolute Gasteiger partial charge is 0.508 e. The van der Waals surface area contributed by atoms with Crippen LogP contribution in [0.25, 0.3) is 32.9 Å². The van der Waals surface area contributed by atoms with Crippen LogP contribution in [0.5, 0.6) is 17.6 Å². The number of hydrogen-bond donors (Lipinski definition) is 2. The van der Waals surface area contributed by atoms with Gasteiger partial charge in [0.2, 0.25) is 5.88 Å². The summed E-state index contributed by atoms with van der Waals surface area (Å²) in [6, 6.07) is 6.38. The molecule has 2 aromatic carbocycles. The van der Waals surface area contributed by atoms with E-state index in [4.69, 9.17) is 35.3 Å². The minimum atomic E-state index is -1.24. The first-order chi connectivity index (χ1) is 27.0. The molecule has 5 heterocycles. The molecule has 2 N–H and O–H groups in total. The van der Waals surface area contributed by atoms with Crippen LogP contribution in [-0.2, 0) is 9.47 Å². The number of methoxy groups -OCH3 is 1. The summed E-state index contributed by atoms with van der Waals surface area (Å²) in [4.78, 5) is 18.8. The lowest BCUT2D eigenvalue weighted by atomic mass is 9.60. The molecule has 296 valence electrons. The normalized spacial score (nSPS) is 26.9. The van der Waals surface area contributed by atoms with Crippen molar-refractivity contribution in [1.82, 2.24) is 19.9 Å². The maximum Gasteiger partial charge on any atom is 0.319 e. The number of ether oxygens (including phenoxy) is 4. The monoisotopic (exact) mass is 769 g/mol. The van der Waals surface area contributed by atoms with Crippen LogP contribution < -0.4 is 14.4 Å². The Balaban J connectivity index is 1.13. The lowest BCUT2D eigenvalue weighted by Crippen LogP contribution is -2.61. The third-order valence-corrected chi connectivity index (χ3v) is 13.3. The Labute approximate surface area is 325 Å². The number of rotatable bonds is 7. The van der Waals surface area contributed by atoms with Gasteiger partial charge in [0.15, 0.2) is 5.82 Å². The Morgan fingerprint density at radius 2 is 1.80 bits per heavy atom. The molecule has 0 radical (unpaired) electrons. The van der Waals surface area contributed by atoms with Gasteiger partial charge in [0.1, 0.15) is 39.6 Å². The molecule has 11 nitrogen and oxygen atoms in total. The van der Waals surface area contributed by atoms with E-state index in [1.807, 2.05) is 4.90 Å². The van der Waals surface area contributed by atoms with Gasteiger partial charge in [-0.3, -0.25) is 4.90 Å². The number of phenols is 1. The Morgan fingerprint density at radius 1 is 1.00 bits per heavy atom. The van der Waals surface area contributed by atoms with E-state index >= 15 is 8.78 Å². The predicted octanol–water partition coefficient (Wildman–Crippen LogP) is 6.38. The molecule has 5 fully saturated rings. The van der Waals surface area contributed by atoms with Crippen LogP contribution in [0, 0.1) is 34.8 Å². The van der Waals surface area contributed by atoms with Gasteiger partial charge in [0.25, 0.3) is 0 Å². The molecule has 2 aliphatic carbocycles. The van der Waals surface area contributed by atoms with Crippen molar-refractivity contribution in [3.05, 3.63) is 41.5 Å². The lowest BCUT2D eigenvalue weighted by Gasteiger charge is -2.58. The van der Waals surface area contributed by atoms with E-state index in [9.17, 15) is 10.2 Å². The molecule has 4 aromatic rings. The number of terminal acetylenes is 1. The zero-order chi connectivity index (χ0) is 38.8. The SMILES string of the molecule is C#Cc1c(F)ccc2cc(O)cc(-c3nc(OC)c4c(N5CCOC[C@@](C)(O)C5)nc(OC[C@]56CCC[C@H]5N(C5CC7(CCOCC7)C5)CCC6)nc4c3F)c12. The zero-order valence-electron chi connectivity index (χ0n) is 32.1. The van der Waals surface area contributed by atoms with Crippen LogP contribution in [0.1, 0.15) is 70.3 Å². The Morgan fingerprint density at radius 3 is 2.59 bits per heavy atom. The van der Waals surface area contributed by atoms with Gasteiger partial charge in [0.05, 0.1) is 39.0 Å². The van der Waals surface area contributed by atoms with Crippen LogP contribution in [0.3, 0.4) is 0 Å². The summed E-state index contributed by atoms with van der Waals surface area (Å²) in [7, 11) is 1.41. The van der Waals surface area contributed by atoms with Gasteiger partial charge in [-0.25, -0.2) is 13.8 Å². The number of pyridine rings is 1. The quantitative estimate of drug-likeness (QED) is 0.204. The second-order valence-corrected chi connectivity index (χ2v) is 17.0. The summed E-state index contributed by atoms with van der Waals surface area (Å²) < 4.78 is 56.4. The number of β-amino-alcohol motifs (C(OH)–C–C–N with tert-alkyl or cyclic N) is 1. The van der Waals surface area contributed by atoms with E-state index in [-0.39, 0.29) is 75.1 Å². The summed E-state index contributed by atoms with van der Waals surface area (Å²) in [5, 5.41) is 22.8. The molecule has 3 aliphatic heterocycles. The van der Waals surface area contributed by atoms with E-state index < -0.39 is 17.2 Å². The molecular formula is C43H49F2N5O6. The first-order valence-corrected chi connectivity index (χ1v) is 19.9.